The van der Waals surface area contributed by atoms with Crippen molar-refractivity contribution < 1.29 is 22.6 Å². The highest BCUT2D eigenvalue weighted by Gasteiger charge is 2.31. The van der Waals surface area contributed by atoms with Gasteiger partial charge in [0.15, 0.2) is 6.79 Å². The summed E-state index contributed by atoms with van der Waals surface area (Å²) in [6.45, 7) is -0.125. The highest BCUT2D eigenvalue weighted by Crippen LogP contribution is 2.32. The van der Waals surface area contributed by atoms with Crippen LogP contribution in [0.15, 0.2) is 18.2 Å². The van der Waals surface area contributed by atoms with Crippen LogP contribution in [-0.4, -0.2) is 13.9 Å². The van der Waals surface area contributed by atoms with Gasteiger partial charge in [0, 0.05) is 7.11 Å². The molecular weight excluding hydrogens is 223 g/mol. The van der Waals surface area contributed by atoms with E-state index in [4.69, 9.17) is 10.00 Å². The van der Waals surface area contributed by atoms with Gasteiger partial charge in [-0.15, -0.1) is 0 Å². The van der Waals surface area contributed by atoms with Crippen LogP contribution in [0.5, 0.6) is 5.75 Å². The van der Waals surface area contributed by atoms with E-state index in [0.717, 1.165) is 18.2 Å². The first-order valence-electron chi connectivity index (χ1n) is 4.22. The summed E-state index contributed by atoms with van der Waals surface area (Å²) in [4.78, 5) is 0. The Labute approximate surface area is 90.0 Å². The summed E-state index contributed by atoms with van der Waals surface area (Å²) in [5, 5.41) is 8.67. The minimum absolute atomic E-state index is 0.0670. The van der Waals surface area contributed by atoms with Crippen molar-refractivity contribution in [3.05, 3.63) is 29.3 Å². The van der Waals surface area contributed by atoms with Crippen molar-refractivity contribution in [2.45, 2.75) is 6.18 Å². The van der Waals surface area contributed by atoms with Gasteiger partial charge in [0.25, 0.3) is 0 Å². The highest BCUT2D eigenvalue weighted by atomic mass is 19.4. The Morgan fingerprint density at radius 1 is 1.38 bits per heavy atom. The van der Waals surface area contributed by atoms with E-state index in [2.05, 4.69) is 4.74 Å². The number of rotatable bonds is 3. The monoisotopic (exact) mass is 231 g/mol. The molecule has 0 aliphatic heterocycles. The molecule has 0 aromatic heterocycles. The predicted molar refractivity (Wildman–Crippen MR) is 48.7 cm³/mol. The van der Waals surface area contributed by atoms with E-state index in [-0.39, 0.29) is 18.1 Å². The maximum atomic E-state index is 12.3. The molecule has 3 nitrogen and oxygen atoms in total. The van der Waals surface area contributed by atoms with Gasteiger partial charge in [-0.05, 0) is 18.2 Å². The summed E-state index contributed by atoms with van der Waals surface area (Å²) in [6.07, 6.45) is -4.47. The number of hydrogen-bond donors (Lipinski definition) is 0. The van der Waals surface area contributed by atoms with Crippen LogP contribution in [0, 0.1) is 11.3 Å². The second kappa shape index (κ2) is 4.86. The second-order valence-corrected chi connectivity index (χ2v) is 2.87. The first kappa shape index (κ1) is 12.3. The lowest BCUT2D eigenvalue weighted by molar-refractivity contribution is -0.137. The topological polar surface area (TPSA) is 42.2 Å². The van der Waals surface area contributed by atoms with Gasteiger partial charge in [0.1, 0.15) is 11.8 Å². The maximum Gasteiger partial charge on any atom is 0.416 e. The Morgan fingerprint density at radius 2 is 2.06 bits per heavy atom. The van der Waals surface area contributed by atoms with Crippen molar-refractivity contribution in [2.24, 2.45) is 0 Å². The van der Waals surface area contributed by atoms with Crippen LogP contribution in [0.2, 0.25) is 0 Å². The Hall–Kier alpha value is -1.74. The number of benzene rings is 1. The molecule has 1 aromatic carbocycles. The van der Waals surface area contributed by atoms with E-state index in [0.29, 0.717) is 0 Å². The van der Waals surface area contributed by atoms with E-state index in [1.165, 1.54) is 7.11 Å². The zero-order valence-corrected chi connectivity index (χ0v) is 8.34. The van der Waals surface area contributed by atoms with Gasteiger partial charge in [-0.2, -0.15) is 18.4 Å². The van der Waals surface area contributed by atoms with E-state index >= 15 is 0 Å². The maximum absolute atomic E-state index is 12.3. The van der Waals surface area contributed by atoms with Crippen LogP contribution in [-0.2, 0) is 10.9 Å². The molecular formula is C10H8F3NO2. The molecule has 0 aliphatic carbocycles. The number of hydrogen-bond acceptors (Lipinski definition) is 3. The van der Waals surface area contributed by atoms with Crippen molar-refractivity contribution >= 4 is 0 Å². The average molecular weight is 231 g/mol. The molecule has 0 radical (unpaired) electrons. The largest absolute Gasteiger partial charge is 0.466 e. The highest BCUT2D eigenvalue weighted by molar-refractivity contribution is 5.46. The Morgan fingerprint density at radius 3 is 2.56 bits per heavy atom. The number of methoxy groups -OCH3 is 1. The van der Waals surface area contributed by atoms with Crippen LogP contribution in [0.3, 0.4) is 0 Å². The van der Waals surface area contributed by atoms with Gasteiger partial charge >= 0.3 is 6.18 Å². The molecule has 86 valence electrons. The third-order valence-corrected chi connectivity index (χ3v) is 1.76. The smallest absolute Gasteiger partial charge is 0.416 e. The molecule has 6 heteroatoms. The zero-order chi connectivity index (χ0) is 12.2. The summed E-state index contributed by atoms with van der Waals surface area (Å²) in [5.74, 6) is 0.0670. The number of alkyl halides is 3. The number of nitrogens with zero attached hydrogens (tertiary/aromatic N) is 1. The fraction of sp³-hybridized carbons (Fsp3) is 0.300. The molecule has 16 heavy (non-hydrogen) atoms. The Kier molecular flexibility index (Phi) is 3.74. The van der Waals surface area contributed by atoms with Crippen LogP contribution in [0.1, 0.15) is 11.1 Å². The van der Waals surface area contributed by atoms with Gasteiger partial charge in [0.05, 0.1) is 11.1 Å². The molecule has 0 aliphatic rings. The van der Waals surface area contributed by atoms with Crippen molar-refractivity contribution in [3.63, 3.8) is 0 Å². The van der Waals surface area contributed by atoms with E-state index in [1.807, 2.05) is 0 Å². The molecule has 0 unspecified atom stereocenters. The Balaban J connectivity index is 3.04. The molecule has 0 amide bonds. The average Bonchev–Trinajstić information content (AvgIpc) is 2.24. The standard InChI is InChI=1S/C10H8F3NO2/c1-15-6-16-9-3-2-8(10(11,12)13)4-7(9)5-14/h2-4H,6H2,1H3. The SMILES string of the molecule is COCOc1ccc(C(F)(F)F)cc1C#N. The predicted octanol–water partition coefficient (Wildman–Crippen LogP) is 2.56. The molecule has 1 aromatic rings. The van der Waals surface area contributed by atoms with Gasteiger partial charge in [-0.25, -0.2) is 0 Å². The lowest BCUT2D eigenvalue weighted by Crippen LogP contribution is -2.06. The van der Waals surface area contributed by atoms with Crippen LogP contribution in [0.25, 0.3) is 0 Å². The summed E-state index contributed by atoms with van der Waals surface area (Å²) >= 11 is 0. The normalized spacial score (nSPS) is 10.9. The minimum Gasteiger partial charge on any atom is -0.466 e. The first-order valence-corrected chi connectivity index (χ1v) is 4.22. The number of halogens is 3. The zero-order valence-electron chi connectivity index (χ0n) is 8.34. The summed E-state index contributed by atoms with van der Waals surface area (Å²) in [6, 6.07) is 4.33. The van der Waals surface area contributed by atoms with Crippen LogP contribution >= 0.6 is 0 Å². The molecule has 0 saturated heterocycles. The molecule has 0 N–H and O–H groups in total. The summed E-state index contributed by atoms with van der Waals surface area (Å²) < 4.78 is 46.5. The van der Waals surface area contributed by atoms with Crippen molar-refractivity contribution in [2.75, 3.05) is 13.9 Å². The van der Waals surface area contributed by atoms with E-state index in [9.17, 15) is 13.2 Å². The van der Waals surface area contributed by atoms with Crippen LogP contribution < -0.4 is 4.74 Å². The summed E-state index contributed by atoms with van der Waals surface area (Å²) in [7, 11) is 1.37. The second-order valence-electron chi connectivity index (χ2n) is 2.87. The fourth-order valence-electron chi connectivity index (χ4n) is 1.04. The quantitative estimate of drug-likeness (QED) is 0.751. The van der Waals surface area contributed by atoms with Crippen LogP contribution in [0.4, 0.5) is 13.2 Å². The van der Waals surface area contributed by atoms with Gasteiger partial charge in [0.2, 0.25) is 0 Å². The van der Waals surface area contributed by atoms with Crippen molar-refractivity contribution in [1.82, 2.24) is 0 Å². The van der Waals surface area contributed by atoms with Crippen molar-refractivity contribution in [1.29, 1.82) is 5.26 Å². The first-order chi connectivity index (χ1) is 7.49. The van der Waals surface area contributed by atoms with Gasteiger partial charge < -0.3 is 9.47 Å². The third kappa shape index (κ3) is 2.87. The fourth-order valence-corrected chi connectivity index (χ4v) is 1.04. The van der Waals surface area contributed by atoms with Crippen molar-refractivity contribution in [3.8, 4) is 11.8 Å². The van der Waals surface area contributed by atoms with Gasteiger partial charge in [-0.3, -0.25) is 0 Å². The number of nitriles is 1. The third-order valence-electron chi connectivity index (χ3n) is 1.76. The van der Waals surface area contributed by atoms with E-state index in [1.54, 1.807) is 6.07 Å². The summed E-state index contributed by atoms with van der Waals surface area (Å²) in [5.41, 5.74) is -1.05. The minimum atomic E-state index is -4.47. The lowest BCUT2D eigenvalue weighted by Gasteiger charge is -2.10. The molecule has 0 bridgehead atoms. The Bertz CT molecular complexity index is 410. The number of ether oxygens (including phenoxy) is 2. The molecule has 0 atom stereocenters. The lowest BCUT2D eigenvalue weighted by atomic mass is 10.1. The molecule has 0 saturated carbocycles. The molecule has 1 rings (SSSR count). The molecule has 0 fully saturated rings. The molecule has 0 heterocycles. The van der Waals surface area contributed by atoms with Gasteiger partial charge in [-0.1, -0.05) is 0 Å². The van der Waals surface area contributed by atoms with E-state index < -0.39 is 11.7 Å². The molecule has 0 spiro atoms.